The highest BCUT2D eigenvalue weighted by atomic mass is 16.6. The molecular weight excluding hydrogens is 312 g/mol. The quantitative estimate of drug-likeness (QED) is 0.379. The van der Waals surface area contributed by atoms with E-state index in [1.807, 2.05) is 6.92 Å². The van der Waals surface area contributed by atoms with Gasteiger partial charge in [-0.15, -0.1) is 0 Å². The van der Waals surface area contributed by atoms with E-state index in [9.17, 15) is 19.2 Å². The fourth-order valence-corrected chi connectivity index (χ4v) is 6.57. The SMILES string of the molecule is CC1=C2CC[C@H](C)CC23[C@@H]2C(=O)OC(=O)[C@@H]2C1[C@H]1C(=O)OC(=O)[C@@H]13. The summed E-state index contributed by atoms with van der Waals surface area (Å²) in [5.41, 5.74) is 1.33. The molecule has 6 heteroatoms. The van der Waals surface area contributed by atoms with Gasteiger partial charge in [0.05, 0.1) is 23.7 Å². The fraction of sp³-hybridized carbons (Fsp3) is 0.667. The Hall–Kier alpha value is -1.98. The number of esters is 4. The third-order valence-electron chi connectivity index (χ3n) is 7.17. The molecule has 126 valence electrons. The lowest BCUT2D eigenvalue weighted by molar-refractivity contribution is -0.157. The Morgan fingerprint density at radius 2 is 1.42 bits per heavy atom. The van der Waals surface area contributed by atoms with Crippen LogP contribution in [0, 0.1) is 40.9 Å². The van der Waals surface area contributed by atoms with E-state index in [0.29, 0.717) is 12.3 Å². The number of hydrogen-bond acceptors (Lipinski definition) is 6. The molecule has 6 rings (SSSR count). The van der Waals surface area contributed by atoms with Crippen LogP contribution in [-0.4, -0.2) is 23.9 Å². The highest BCUT2D eigenvalue weighted by Gasteiger charge is 2.77. The molecule has 2 unspecified atom stereocenters. The number of ether oxygens (including phenoxy) is 2. The van der Waals surface area contributed by atoms with Crippen LogP contribution in [-0.2, 0) is 28.7 Å². The zero-order chi connectivity index (χ0) is 17.0. The Labute approximate surface area is 138 Å². The number of allylic oxidation sites excluding steroid dienone is 2. The standard InChI is InChI=1S/C18H18O6/c1-6-3-4-8-7(2)9-10-12(16(21)23-14(10)19)18(8,5-6)13-11(9)15(20)24-17(13)22/h6,9-13H,3-5H2,1-2H3/t6-,9?,10+,11+,12-,13+,18?/m0/s1. The Kier molecular flexibility index (Phi) is 2.49. The average Bonchev–Trinajstić information content (AvgIpc) is 2.98. The van der Waals surface area contributed by atoms with Gasteiger partial charge in [0, 0.05) is 11.3 Å². The first-order valence-corrected chi connectivity index (χ1v) is 8.59. The summed E-state index contributed by atoms with van der Waals surface area (Å²) in [4.78, 5) is 49.9. The zero-order valence-corrected chi connectivity index (χ0v) is 13.5. The molecule has 4 fully saturated rings. The van der Waals surface area contributed by atoms with E-state index >= 15 is 0 Å². The van der Waals surface area contributed by atoms with Gasteiger partial charge >= 0.3 is 23.9 Å². The van der Waals surface area contributed by atoms with Gasteiger partial charge in [-0.25, -0.2) is 0 Å². The largest absolute Gasteiger partial charge is 0.393 e. The normalized spacial score (nSPS) is 48.9. The summed E-state index contributed by atoms with van der Waals surface area (Å²) in [6.45, 7) is 4.04. The van der Waals surface area contributed by atoms with Crippen LogP contribution in [0.2, 0.25) is 0 Å². The van der Waals surface area contributed by atoms with E-state index in [1.54, 1.807) is 0 Å². The van der Waals surface area contributed by atoms with Gasteiger partial charge in [-0.3, -0.25) is 19.2 Å². The number of cyclic esters (lactones) is 4. The van der Waals surface area contributed by atoms with Gasteiger partial charge in [0.1, 0.15) is 0 Å². The maximum atomic E-state index is 12.5. The molecule has 0 aromatic carbocycles. The van der Waals surface area contributed by atoms with E-state index in [-0.39, 0.29) is 0 Å². The van der Waals surface area contributed by atoms with Crippen LogP contribution in [0.15, 0.2) is 11.1 Å². The van der Waals surface area contributed by atoms with Crippen molar-refractivity contribution in [2.75, 3.05) is 0 Å². The van der Waals surface area contributed by atoms with Crippen molar-refractivity contribution in [2.24, 2.45) is 40.9 Å². The lowest BCUT2D eigenvalue weighted by Crippen LogP contribution is -2.62. The summed E-state index contributed by atoms with van der Waals surface area (Å²) in [5, 5.41) is 0. The van der Waals surface area contributed by atoms with E-state index in [4.69, 9.17) is 9.47 Å². The average molecular weight is 330 g/mol. The number of hydrogen-bond donors (Lipinski definition) is 0. The topological polar surface area (TPSA) is 86.7 Å². The van der Waals surface area contributed by atoms with Gasteiger partial charge in [0.2, 0.25) is 0 Å². The molecule has 0 radical (unpaired) electrons. The molecule has 0 aromatic rings. The van der Waals surface area contributed by atoms with Gasteiger partial charge in [0.15, 0.2) is 0 Å². The predicted molar refractivity (Wildman–Crippen MR) is 77.8 cm³/mol. The molecule has 0 amide bonds. The third-order valence-corrected chi connectivity index (χ3v) is 7.17. The van der Waals surface area contributed by atoms with Crippen molar-refractivity contribution < 1.29 is 28.7 Å². The van der Waals surface area contributed by atoms with Gasteiger partial charge in [0.25, 0.3) is 0 Å². The molecule has 2 aliphatic heterocycles. The van der Waals surface area contributed by atoms with Gasteiger partial charge < -0.3 is 9.47 Å². The molecule has 4 aliphatic carbocycles. The van der Waals surface area contributed by atoms with E-state index in [0.717, 1.165) is 24.0 Å². The van der Waals surface area contributed by atoms with Gasteiger partial charge in [-0.2, -0.15) is 0 Å². The van der Waals surface area contributed by atoms with Gasteiger partial charge in [-0.05, 0) is 32.1 Å². The smallest absolute Gasteiger partial charge is 0.318 e. The monoisotopic (exact) mass is 330 g/mol. The lowest BCUT2D eigenvalue weighted by Gasteiger charge is -2.59. The van der Waals surface area contributed by atoms with E-state index in [1.165, 1.54) is 0 Å². The van der Waals surface area contributed by atoms with Crippen molar-refractivity contribution in [2.45, 2.75) is 33.1 Å². The van der Waals surface area contributed by atoms with Crippen LogP contribution < -0.4 is 0 Å². The molecule has 24 heavy (non-hydrogen) atoms. The molecule has 7 atom stereocenters. The maximum Gasteiger partial charge on any atom is 0.318 e. The number of rotatable bonds is 0. The van der Waals surface area contributed by atoms with Crippen molar-refractivity contribution >= 4 is 23.9 Å². The molecule has 6 aliphatic rings. The Balaban J connectivity index is 1.83. The highest BCUT2D eigenvalue weighted by Crippen LogP contribution is 2.71. The maximum absolute atomic E-state index is 12.5. The first-order valence-electron chi connectivity index (χ1n) is 8.59. The molecule has 2 bridgehead atoms. The first kappa shape index (κ1) is 14.4. The second kappa shape index (κ2) is 4.16. The summed E-state index contributed by atoms with van der Waals surface area (Å²) in [7, 11) is 0. The van der Waals surface area contributed by atoms with Crippen molar-refractivity contribution in [3.8, 4) is 0 Å². The minimum absolute atomic E-state index is 0.310. The summed E-state index contributed by atoms with van der Waals surface area (Å²) in [6, 6.07) is 0. The Morgan fingerprint density at radius 1 is 0.875 bits per heavy atom. The molecule has 2 saturated carbocycles. The number of carbonyl (C=O) groups is 4. The molecule has 6 nitrogen and oxygen atoms in total. The molecule has 2 saturated heterocycles. The van der Waals surface area contributed by atoms with Crippen LogP contribution in [0.25, 0.3) is 0 Å². The zero-order valence-electron chi connectivity index (χ0n) is 13.5. The highest BCUT2D eigenvalue weighted by molar-refractivity contribution is 6.04. The Morgan fingerprint density at radius 3 is 1.96 bits per heavy atom. The first-order chi connectivity index (χ1) is 11.4. The second-order valence-corrected chi connectivity index (χ2v) is 8.06. The fourth-order valence-electron chi connectivity index (χ4n) is 6.57. The minimum Gasteiger partial charge on any atom is -0.393 e. The molecule has 1 spiro atoms. The van der Waals surface area contributed by atoms with Crippen molar-refractivity contribution in [3.05, 3.63) is 11.1 Å². The van der Waals surface area contributed by atoms with Crippen molar-refractivity contribution in [3.63, 3.8) is 0 Å². The lowest BCUT2D eigenvalue weighted by atomic mass is 9.39. The van der Waals surface area contributed by atoms with E-state index < -0.39 is 58.9 Å². The van der Waals surface area contributed by atoms with Gasteiger partial charge in [-0.1, -0.05) is 18.1 Å². The molecule has 0 N–H and O–H groups in total. The van der Waals surface area contributed by atoms with Crippen LogP contribution >= 0.6 is 0 Å². The van der Waals surface area contributed by atoms with Crippen molar-refractivity contribution in [1.82, 2.24) is 0 Å². The predicted octanol–water partition coefficient (Wildman–Crippen LogP) is 1.38. The summed E-state index contributed by atoms with van der Waals surface area (Å²) in [6.07, 6.45) is 2.42. The summed E-state index contributed by atoms with van der Waals surface area (Å²) in [5.74, 6) is -4.86. The van der Waals surface area contributed by atoms with Crippen molar-refractivity contribution in [1.29, 1.82) is 0 Å². The summed E-state index contributed by atoms with van der Waals surface area (Å²) < 4.78 is 9.97. The second-order valence-electron chi connectivity index (χ2n) is 8.06. The molecular formula is C18H18O6. The Bertz CT molecular complexity index is 719. The molecule has 0 aromatic heterocycles. The third kappa shape index (κ3) is 1.32. The minimum atomic E-state index is -0.779. The summed E-state index contributed by atoms with van der Waals surface area (Å²) >= 11 is 0. The van der Waals surface area contributed by atoms with Crippen LogP contribution in [0.1, 0.15) is 33.1 Å². The number of carbonyl (C=O) groups excluding carboxylic acids is 4. The van der Waals surface area contributed by atoms with E-state index in [2.05, 4.69) is 6.92 Å². The van der Waals surface area contributed by atoms with Crippen LogP contribution in [0.5, 0.6) is 0 Å². The molecule has 2 heterocycles. The van der Waals surface area contributed by atoms with Crippen LogP contribution in [0.3, 0.4) is 0 Å². The van der Waals surface area contributed by atoms with Crippen LogP contribution in [0.4, 0.5) is 0 Å².